The molecule has 9 heteroatoms. The van der Waals surface area contributed by atoms with Crippen LogP contribution in [0.2, 0.25) is 0 Å². The zero-order chi connectivity index (χ0) is 20.1. The number of thiazole rings is 1. The van der Waals surface area contributed by atoms with Gasteiger partial charge in [-0.05, 0) is 25.0 Å². The smallest absolute Gasteiger partial charge is 0.258 e. The molecule has 1 aromatic carbocycles. The maximum atomic E-state index is 12.2. The van der Waals surface area contributed by atoms with Crippen LogP contribution in [0.15, 0.2) is 46.7 Å². The first kappa shape index (κ1) is 19.9. The first-order valence-corrected chi connectivity index (χ1v) is 11.4. The van der Waals surface area contributed by atoms with Gasteiger partial charge in [0, 0.05) is 41.8 Å². The number of hydrogen-bond donors (Lipinski definition) is 1. The summed E-state index contributed by atoms with van der Waals surface area (Å²) in [5.74, 6) is 1.37. The average molecular weight is 432 g/mol. The van der Waals surface area contributed by atoms with E-state index >= 15 is 0 Å². The fourth-order valence-corrected chi connectivity index (χ4v) is 4.49. The highest BCUT2D eigenvalue weighted by Gasteiger charge is 2.16. The normalized spacial score (nSPS) is 16.2. The highest BCUT2D eigenvalue weighted by atomic mass is 32.2. The Bertz CT molecular complexity index is 1040. The second kappa shape index (κ2) is 9.43. The highest BCUT2D eigenvalue weighted by Crippen LogP contribution is 2.20. The molecule has 0 aliphatic carbocycles. The fraction of sp³-hybridized carbons (Fsp3) is 0.350. The molecular weight excluding hydrogens is 410 g/mol. The summed E-state index contributed by atoms with van der Waals surface area (Å²) in [6, 6.07) is 8.87. The van der Waals surface area contributed by atoms with Crippen LogP contribution in [0.1, 0.15) is 18.5 Å². The second-order valence-electron chi connectivity index (χ2n) is 6.66. The van der Waals surface area contributed by atoms with Crippen molar-refractivity contribution < 1.29 is 14.3 Å². The van der Waals surface area contributed by atoms with Crippen LogP contribution in [0.5, 0.6) is 5.75 Å². The molecule has 152 valence electrons. The van der Waals surface area contributed by atoms with Gasteiger partial charge in [-0.25, -0.2) is 4.98 Å². The molecule has 1 aliphatic heterocycles. The molecule has 0 saturated carbocycles. The molecule has 0 unspecified atom stereocenters. The van der Waals surface area contributed by atoms with Gasteiger partial charge in [0.1, 0.15) is 12.4 Å². The van der Waals surface area contributed by atoms with E-state index in [0.29, 0.717) is 34.5 Å². The number of nitrogens with zero attached hydrogens (tertiary/aromatic N) is 2. The van der Waals surface area contributed by atoms with Crippen molar-refractivity contribution in [2.75, 3.05) is 24.3 Å². The monoisotopic (exact) mass is 431 g/mol. The summed E-state index contributed by atoms with van der Waals surface area (Å²) in [5.41, 5.74) is 1.27. The van der Waals surface area contributed by atoms with E-state index in [0.717, 1.165) is 19.4 Å². The molecule has 1 N–H and O–H groups in total. The van der Waals surface area contributed by atoms with Crippen LogP contribution >= 0.6 is 23.1 Å². The van der Waals surface area contributed by atoms with Gasteiger partial charge in [0.15, 0.2) is 4.96 Å². The Balaban J connectivity index is 1.25. The molecule has 0 bridgehead atoms. The number of ether oxygens (including phenoxy) is 2. The van der Waals surface area contributed by atoms with E-state index in [1.54, 1.807) is 6.20 Å². The highest BCUT2D eigenvalue weighted by molar-refractivity contribution is 7.99. The SMILES string of the molecule is O=C(CSCc1cc(=O)n2ccsc2n1)Nc1cccc(OC[C@@H]2CCCO2)c1. The minimum atomic E-state index is -0.111. The largest absolute Gasteiger partial charge is 0.491 e. The summed E-state index contributed by atoms with van der Waals surface area (Å²) in [7, 11) is 0. The number of hydrogen-bond acceptors (Lipinski definition) is 7. The maximum absolute atomic E-state index is 12.2. The van der Waals surface area contributed by atoms with Crippen molar-refractivity contribution >= 4 is 39.7 Å². The predicted molar refractivity (Wildman–Crippen MR) is 115 cm³/mol. The zero-order valence-corrected chi connectivity index (χ0v) is 17.3. The summed E-state index contributed by atoms with van der Waals surface area (Å²) in [5, 5.41) is 4.70. The maximum Gasteiger partial charge on any atom is 0.258 e. The molecule has 3 heterocycles. The summed E-state index contributed by atoms with van der Waals surface area (Å²) in [6.45, 7) is 1.32. The molecule has 0 spiro atoms. The lowest BCUT2D eigenvalue weighted by Gasteiger charge is -2.12. The number of nitrogens with one attached hydrogen (secondary N) is 1. The average Bonchev–Trinajstić information content (AvgIpc) is 3.39. The van der Waals surface area contributed by atoms with Crippen LogP contribution < -0.4 is 15.6 Å². The van der Waals surface area contributed by atoms with Crippen LogP contribution in [0, 0.1) is 0 Å². The van der Waals surface area contributed by atoms with Crippen molar-refractivity contribution in [1.29, 1.82) is 0 Å². The summed E-state index contributed by atoms with van der Waals surface area (Å²) < 4.78 is 12.8. The first-order chi connectivity index (χ1) is 14.2. The number of carbonyl (C=O) groups excluding carboxylic acids is 1. The molecule has 1 aliphatic rings. The van der Waals surface area contributed by atoms with Crippen LogP contribution in [0.25, 0.3) is 4.96 Å². The van der Waals surface area contributed by atoms with Crippen LogP contribution in [-0.4, -0.2) is 40.4 Å². The van der Waals surface area contributed by atoms with E-state index in [2.05, 4.69) is 10.3 Å². The Hall–Kier alpha value is -2.36. The van der Waals surface area contributed by atoms with Gasteiger partial charge in [-0.3, -0.25) is 14.0 Å². The van der Waals surface area contributed by atoms with Gasteiger partial charge < -0.3 is 14.8 Å². The van der Waals surface area contributed by atoms with Crippen LogP contribution in [0.4, 0.5) is 5.69 Å². The quantitative estimate of drug-likeness (QED) is 0.590. The minimum Gasteiger partial charge on any atom is -0.491 e. The number of anilines is 1. The third kappa shape index (κ3) is 5.37. The topological polar surface area (TPSA) is 81.9 Å². The molecule has 2 aromatic heterocycles. The number of thioether (sulfide) groups is 1. The molecule has 3 aromatic rings. The van der Waals surface area contributed by atoms with Crippen molar-refractivity contribution in [2.24, 2.45) is 0 Å². The van der Waals surface area contributed by atoms with E-state index in [1.165, 1.54) is 33.6 Å². The van der Waals surface area contributed by atoms with Crippen molar-refractivity contribution in [3.63, 3.8) is 0 Å². The lowest BCUT2D eigenvalue weighted by Crippen LogP contribution is -2.17. The third-order valence-corrected chi connectivity index (χ3v) is 6.14. The Kier molecular flexibility index (Phi) is 6.48. The predicted octanol–water partition coefficient (Wildman–Crippen LogP) is 3.19. The van der Waals surface area contributed by atoms with E-state index in [1.807, 2.05) is 29.6 Å². The van der Waals surface area contributed by atoms with E-state index < -0.39 is 0 Å². The molecule has 29 heavy (non-hydrogen) atoms. The van der Waals surface area contributed by atoms with Gasteiger partial charge in [-0.15, -0.1) is 23.1 Å². The minimum absolute atomic E-state index is 0.101. The Morgan fingerprint density at radius 2 is 2.34 bits per heavy atom. The van der Waals surface area contributed by atoms with Crippen molar-refractivity contribution in [1.82, 2.24) is 9.38 Å². The first-order valence-electron chi connectivity index (χ1n) is 9.35. The van der Waals surface area contributed by atoms with Gasteiger partial charge >= 0.3 is 0 Å². The van der Waals surface area contributed by atoms with Gasteiger partial charge in [0.2, 0.25) is 5.91 Å². The fourth-order valence-electron chi connectivity index (χ4n) is 3.04. The Morgan fingerprint density at radius 3 is 3.21 bits per heavy atom. The number of amides is 1. The van der Waals surface area contributed by atoms with Crippen LogP contribution in [-0.2, 0) is 15.3 Å². The van der Waals surface area contributed by atoms with E-state index in [9.17, 15) is 9.59 Å². The molecule has 4 rings (SSSR count). The number of carbonyl (C=O) groups is 1. The molecule has 1 atom stereocenters. The van der Waals surface area contributed by atoms with Crippen molar-refractivity contribution in [3.05, 3.63) is 58.0 Å². The lowest BCUT2D eigenvalue weighted by atomic mass is 10.2. The van der Waals surface area contributed by atoms with E-state index in [4.69, 9.17) is 9.47 Å². The number of benzene rings is 1. The summed E-state index contributed by atoms with van der Waals surface area (Å²) >= 11 is 2.83. The molecule has 0 radical (unpaired) electrons. The summed E-state index contributed by atoms with van der Waals surface area (Å²) in [4.78, 5) is 29.3. The number of aromatic nitrogens is 2. The molecule has 1 fully saturated rings. The molecular formula is C20H21N3O4S2. The van der Waals surface area contributed by atoms with Crippen molar-refractivity contribution in [3.8, 4) is 5.75 Å². The number of rotatable bonds is 8. The van der Waals surface area contributed by atoms with Gasteiger partial charge in [0.05, 0.1) is 17.6 Å². The standard InChI is InChI=1S/C20H21N3O4S2/c24-18(13-28-12-15-10-19(25)23-6-8-29-20(23)22-15)21-14-3-1-4-16(9-14)27-11-17-5-2-7-26-17/h1,3-4,6,8-10,17H,2,5,7,11-13H2,(H,21,24)/t17-/m0/s1. The van der Waals surface area contributed by atoms with Crippen LogP contribution in [0.3, 0.4) is 0 Å². The lowest BCUT2D eigenvalue weighted by molar-refractivity contribution is -0.113. The van der Waals surface area contributed by atoms with Crippen molar-refractivity contribution in [2.45, 2.75) is 24.7 Å². The Morgan fingerprint density at radius 1 is 1.41 bits per heavy atom. The van der Waals surface area contributed by atoms with E-state index in [-0.39, 0.29) is 23.3 Å². The van der Waals surface area contributed by atoms with Gasteiger partial charge in [-0.2, -0.15) is 0 Å². The second-order valence-corrected chi connectivity index (χ2v) is 8.51. The number of fused-ring (bicyclic) bond motifs is 1. The summed E-state index contributed by atoms with van der Waals surface area (Å²) in [6.07, 6.45) is 3.96. The zero-order valence-electron chi connectivity index (χ0n) is 15.7. The van der Waals surface area contributed by atoms with Gasteiger partial charge in [-0.1, -0.05) is 6.07 Å². The Labute approximate surface area is 176 Å². The molecule has 7 nitrogen and oxygen atoms in total. The molecule has 1 saturated heterocycles. The third-order valence-electron chi connectivity index (χ3n) is 4.42. The molecule has 1 amide bonds. The van der Waals surface area contributed by atoms with Gasteiger partial charge in [0.25, 0.3) is 5.56 Å².